The molecule has 0 spiro atoms. The summed E-state index contributed by atoms with van der Waals surface area (Å²) >= 11 is 0. The Morgan fingerprint density at radius 2 is 2.19 bits per heavy atom. The van der Waals surface area contributed by atoms with Crippen molar-refractivity contribution < 1.29 is 4.74 Å². The topological polar surface area (TPSA) is 49.9 Å². The molecule has 84 valence electrons. The smallest absolute Gasteiger partial charge is 0.123 e. The van der Waals surface area contributed by atoms with Gasteiger partial charge in [0, 0.05) is 30.4 Å². The van der Waals surface area contributed by atoms with Gasteiger partial charge in [0.15, 0.2) is 0 Å². The number of nitrogens with one attached hydrogen (secondary N) is 2. The van der Waals surface area contributed by atoms with E-state index in [1.807, 2.05) is 30.6 Å². The molecule has 4 heteroatoms. The van der Waals surface area contributed by atoms with Crippen molar-refractivity contribution in [2.75, 3.05) is 7.11 Å². The van der Waals surface area contributed by atoms with E-state index in [0.29, 0.717) is 0 Å². The Morgan fingerprint density at radius 3 is 2.94 bits per heavy atom. The molecule has 2 aromatic rings. The van der Waals surface area contributed by atoms with Gasteiger partial charge in [-0.15, -0.1) is 0 Å². The molecule has 0 bridgehead atoms. The van der Waals surface area contributed by atoms with Gasteiger partial charge in [-0.05, 0) is 6.07 Å². The Bertz CT molecular complexity index is 426. The van der Waals surface area contributed by atoms with E-state index in [1.165, 1.54) is 0 Å². The largest absolute Gasteiger partial charge is 0.496 e. The highest BCUT2D eigenvalue weighted by Gasteiger charge is 2.00. The van der Waals surface area contributed by atoms with Crippen LogP contribution >= 0.6 is 0 Å². The van der Waals surface area contributed by atoms with Crippen molar-refractivity contribution in [3.8, 4) is 5.75 Å². The highest BCUT2D eigenvalue weighted by atomic mass is 16.5. The Labute approximate surface area is 94.6 Å². The average Bonchev–Trinajstić information content (AvgIpc) is 2.83. The summed E-state index contributed by atoms with van der Waals surface area (Å²) < 4.78 is 5.27. The maximum absolute atomic E-state index is 5.27. The normalized spacial score (nSPS) is 10.3. The fourth-order valence-corrected chi connectivity index (χ4v) is 1.56. The number of rotatable bonds is 5. The van der Waals surface area contributed by atoms with Crippen LogP contribution in [0.4, 0.5) is 0 Å². The zero-order chi connectivity index (χ0) is 11.2. The standard InChI is InChI=1S/C12H15N3O/c1-16-12-5-3-2-4-11(12)9-13-6-10-7-14-15-8-10/h2-5,7-8,13H,6,9H2,1H3,(H,14,15). The molecule has 4 nitrogen and oxygen atoms in total. The number of ether oxygens (including phenoxy) is 1. The van der Waals surface area contributed by atoms with Crippen molar-refractivity contribution in [3.63, 3.8) is 0 Å². The molecular formula is C12H15N3O. The number of methoxy groups -OCH3 is 1. The first-order chi connectivity index (χ1) is 7.90. The lowest BCUT2D eigenvalue weighted by Crippen LogP contribution is -2.12. The molecule has 1 aromatic carbocycles. The van der Waals surface area contributed by atoms with E-state index < -0.39 is 0 Å². The highest BCUT2D eigenvalue weighted by molar-refractivity contribution is 5.33. The molecule has 1 heterocycles. The van der Waals surface area contributed by atoms with E-state index in [0.717, 1.165) is 30.0 Å². The van der Waals surface area contributed by atoms with Crippen LogP contribution in [0.25, 0.3) is 0 Å². The molecule has 0 atom stereocenters. The third-order valence-electron chi connectivity index (χ3n) is 2.39. The predicted octanol–water partition coefficient (Wildman–Crippen LogP) is 1.71. The molecular weight excluding hydrogens is 202 g/mol. The molecule has 0 fully saturated rings. The van der Waals surface area contributed by atoms with Gasteiger partial charge >= 0.3 is 0 Å². The van der Waals surface area contributed by atoms with Gasteiger partial charge in [0.05, 0.1) is 13.3 Å². The molecule has 0 aliphatic carbocycles. The molecule has 0 aliphatic heterocycles. The Kier molecular flexibility index (Phi) is 3.56. The van der Waals surface area contributed by atoms with Crippen molar-refractivity contribution in [1.82, 2.24) is 15.5 Å². The lowest BCUT2D eigenvalue weighted by molar-refractivity contribution is 0.407. The second-order valence-corrected chi connectivity index (χ2v) is 3.52. The number of hydrogen-bond donors (Lipinski definition) is 2. The summed E-state index contributed by atoms with van der Waals surface area (Å²) in [6, 6.07) is 8.01. The molecule has 0 aliphatic rings. The molecule has 1 aromatic heterocycles. The lowest BCUT2D eigenvalue weighted by atomic mass is 10.2. The van der Waals surface area contributed by atoms with Gasteiger partial charge in [-0.2, -0.15) is 5.10 Å². The van der Waals surface area contributed by atoms with E-state index in [1.54, 1.807) is 7.11 Å². The summed E-state index contributed by atoms with van der Waals surface area (Å²) in [7, 11) is 1.69. The minimum atomic E-state index is 0.787. The molecule has 0 saturated carbocycles. The SMILES string of the molecule is COc1ccccc1CNCc1cn[nH]c1. The van der Waals surface area contributed by atoms with Crippen LogP contribution in [0.3, 0.4) is 0 Å². The first-order valence-corrected chi connectivity index (χ1v) is 5.20. The zero-order valence-corrected chi connectivity index (χ0v) is 9.23. The van der Waals surface area contributed by atoms with E-state index in [-0.39, 0.29) is 0 Å². The number of hydrogen-bond acceptors (Lipinski definition) is 3. The van der Waals surface area contributed by atoms with Crippen LogP contribution in [0, 0.1) is 0 Å². The summed E-state index contributed by atoms with van der Waals surface area (Å²) in [6.07, 6.45) is 3.70. The number of nitrogens with zero attached hydrogens (tertiary/aromatic N) is 1. The quantitative estimate of drug-likeness (QED) is 0.801. The van der Waals surface area contributed by atoms with Gasteiger partial charge in [-0.25, -0.2) is 0 Å². The van der Waals surface area contributed by atoms with Crippen molar-refractivity contribution in [2.45, 2.75) is 13.1 Å². The number of benzene rings is 1. The minimum Gasteiger partial charge on any atom is -0.496 e. The fraction of sp³-hybridized carbons (Fsp3) is 0.250. The molecule has 0 radical (unpaired) electrons. The summed E-state index contributed by atoms with van der Waals surface area (Å²) in [5.41, 5.74) is 2.31. The van der Waals surface area contributed by atoms with E-state index in [2.05, 4.69) is 21.6 Å². The van der Waals surface area contributed by atoms with Crippen LogP contribution in [0.1, 0.15) is 11.1 Å². The van der Waals surface area contributed by atoms with E-state index in [4.69, 9.17) is 4.74 Å². The van der Waals surface area contributed by atoms with Gasteiger partial charge in [-0.1, -0.05) is 18.2 Å². The third-order valence-corrected chi connectivity index (χ3v) is 2.39. The van der Waals surface area contributed by atoms with Gasteiger partial charge in [0.2, 0.25) is 0 Å². The Hall–Kier alpha value is -1.81. The minimum absolute atomic E-state index is 0.787. The zero-order valence-electron chi connectivity index (χ0n) is 9.23. The average molecular weight is 217 g/mol. The predicted molar refractivity (Wildman–Crippen MR) is 62.1 cm³/mol. The molecule has 16 heavy (non-hydrogen) atoms. The molecule has 2 rings (SSSR count). The third kappa shape index (κ3) is 2.61. The van der Waals surface area contributed by atoms with Gasteiger partial charge < -0.3 is 10.1 Å². The van der Waals surface area contributed by atoms with Gasteiger partial charge in [0.25, 0.3) is 0 Å². The molecule has 2 N–H and O–H groups in total. The summed E-state index contributed by atoms with van der Waals surface area (Å²) in [6.45, 7) is 1.59. The number of H-pyrrole nitrogens is 1. The number of para-hydroxylation sites is 1. The summed E-state index contributed by atoms with van der Waals surface area (Å²) in [5.74, 6) is 0.919. The first-order valence-electron chi connectivity index (χ1n) is 5.20. The molecule has 0 saturated heterocycles. The van der Waals surface area contributed by atoms with Gasteiger partial charge in [-0.3, -0.25) is 5.10 Å². The second-order valence-electron chi connectivity index (χ2n) is 3.52. The van der Waals surface area contributed by atoms with E-state index >= 15 is 0 Å². The molecule has 0 unspecified atom stereocenters. The molecule has 0 amide bonds. The first kappa shape index (κ1) is 10.7. The van der Waals surface area contributed by atoms with Crippen LogP contribution in [0.15, 0.2) is 36.7 Å². The number of aromatic nitrogens is 2. The van der Waals surface area contributed by atoms with Crippen molar-refractivity contribution in [1.29, 1.82) is 0 Å². The highest BCUT2D eigenvalue weighted by Crippen LogP contribution is 2.16. The number of aromatic amines is 1. The van der Waals surface area contributed by atoms with Crippen molar-refractivity contribution in [3.05, 3.63) is 47.8 Å². The van der Waals surface area contributed by atoms with Crippen molar-refractivity contribution in [2.24, 2.45) is 0 Å². The van der Waals surface area contributed by atoms with Crippen LogP contribution in [0.5, 0.6) is 5.75 Å². The Morgan fingerprint density at radius 1 is 1.31 bits per heavy atom. The van der Waals surface area contributed by atoms with Crippen LogP contribution < -0.4 is 10.1 Å². The maximum Gasteiger partial charge on any atom is 0.123 e. The summed E-state index contributed by atoms with van der Waals surface area (Å²) in [5, 5.41) is 10.0. The van der Waals surface area contributed by atoms with Crippen LogP contribution in [-0.2, 0) is 13.1 Å². The van der Waals surface area contributed by atoms with Gasteiger partial charge in [0.1, 0.15) is 5.75 Å². The van der Waals surface area contributed by atoms with Crippen LogP contribution in [-0.4, -0.2) is 17.3 Å². The Balaban J connectivity index is 1.89. The van der Waals surface area contributed by atoms with E-state index in [9.17, 15) is 0 Å². The summed E-state index contributed by atoms with van der Waals surface area (Å²) in [4.78, 5) is 0. The lowest BCUT2D eigenvalue weighted by Gasteiger charge is -2.08. The maximum atomic E-state index is 5.27. The second kappa shape index (κ2) is 5.32. The van der Waals surface area contributed by atoms with Crippen molar-refractivity contribution >= 4 is 0 Å². The van der Waals surface area contributed by atoms with Crippen LogP contribution in [0.2, 0.25) is 0 Å². The monoisotopic (exact) mass is 217 g/mol. The fourth-order valence-electron chi connectivity index (χ4n) is 1.56.